The van der Waals surface area contributed by atoms with Crippen LogP contribution in [0.25, 0.3) is 0 Å². The molecular formula is C18H28O2. The number of unbranched alkanes of at least 4 members (excludes halogenated alkanes) is 5. The largest absolute Gasteiger partial charge is 0.481 e. The zero-order valence-corrected chi connectivity index (χ0v) is 12.6. The molecule has 0 heterocycles. The van der Waals surface area contributed by atoms with Gasteiger partial charge in [-0.2, -0.15) is 0 Å². The molecule has 0 aliphatic rings. The lowest BCUT2D eigenvalue weighted by Crippen LogP contribution is -1.93. The molecule has 0 aromatic rings. The van der Waals surface area contributed by atoms with Crippen molar-refractivity contribution >= 4 is 5.97 Å². The van der Waals surface area contributed by atoms with Crippen LogP contribution in [-0.4, -0.2) is 11.1 Å². The second kappa shape index (κ2) is 15.5. The molecular weight excluding hydrogens is 248 g/mol. The zero-order chi connectivity index (χ0) is 14.9. The number of allylic oxidation sites excluding steroid dienone is 8. The molecule has 0 spiro atoms. The first-order chi connectivity index (χ1) is 9.77. The summed E-state index contributed by atoms with van der Waals surface area (Å²) in [5, 5.41) is 8.49. The maximum atomic E-state index is 10.3. The Hall–Kier alpha value is -1.57. The van der Waals surface area contributed by atoms with Gasteiger partial charge in [-0.15, -0.1) is 0 Å². The summed E-state index contributed by atoms with van der Waals surface area (Å²) in [6.45, 7) is 2.12. The molecule has 2 nitrogen and oxygen atoms in total. The molecule has 2 heteroatoms. The van der Waals surface area contributed by atoms with Gasteiger partial charge in [0.1, 0.15) is 0 Å². The first kappa shape index (κ1) is 18.4. The highest BCUT2D eigenvalue weighted by molar-refractivity contribution is 5.66. The highest BCUT2D eigenvalue weighted by Gasteiger charge is 1.95. The zero-order valence-electron chi connectivity index (χ0n) is 12.6. The molecule has 0 bridgehead atoms. The molecule has 0 atom stereocenters. The SMILES string of the molecule is CCC=C/C=C/C=CC=CCCCCCCCC(=O)O. The van der Waals surface area contributed by atoms with Gasteiger partial charge in [0.25, 0.3) is 0 Å². The van der Waals surface area contributed by atoms with E-state index in [1.54, 1.807) is 0 Å². The maximum Gasteiger partial charge on any atom is 0.303 e. The third kappa shape index (κ3) is 16.4. The highest BCUT2D eigenvalue weighted by Crippen LogP contribution is 2.07. The van der Waals surface area contributed by atoms with E-state index < -0.39 is 5.97 Å². The Morgan fingerprint density at radius 3 is 2.00 bits per heavy atom. The topological polar surface area (TPSA) is 37.3 Å². The van der Waals surface area contributed by atoms with Gasteiger partial charge in [0.05, 0.1) is 0 Å². The van der Waals surface area contributed by atoms with Gasteiger partial charge in [-0.05, 0) is 25.7 Å². The van der Waals surface area contributed by atoms with E-state index in [9.17, 15) is 4.79 Å². The van der Waals surface area contributed by atoms with E-state index in [1.807, 2.05) is 24.3 Å². The summed E-state index contributed by atoms with van der Waals surface area (Å²) in [6, 6.07) is 0. The molecule has 0 aliphatic heterocycles. The third-order valence-electron chi connectivity index (χ3n) is 2.82. The summed E-state index contributed by atoms with van der Waals surface area (Å²) in [5.74, 6) is -0.682. The summed E-state index contributed by atoms with van der Waals surface area (Å²) >= 11 is 0. The van der Waals surface area contributed by atoms with E-state index in [4.69, 9.17) is 5.11 Å². The van der Waals surface area contributed by atoms with E-state index in [0.717, 1.165) is 32.1 Å². The van der Waals surface area contributed by atoms with Crippen molar-refractivity contribution in [3.05, 3.63) is 48.6 Å². The predicted molar refractivity (Wildman–Crippen MR) is 86.8 cm³/mol. The fourth-order valence-corrected chi connectivity index (χ4v) is 1.71. The summed E-state index contributed by atoms with van der Waals surface area (Å²) in [5.41, 5.74) is 0. The molecule has 0 saturated heterocycles. The van der Waals surface area contributed by atoms with Crippen LogP contribution in [0, 0.1) is 0 Å². The number of carboxylic acids is 1. The molecule has 112 valence electrons. The molecule has 0 radical (unpaired) electrons. The molecule has 0 amide bonds. The standard InChI is InChI=1S/C18H28O2/c1-2-3-4-5-6-7-8-9-10-11-12-13-14-15-16-17-18(19)20/h3-10H,2,11-17H2,1H3,(H,19,20)/b4-3?,6-5+,8-7?,10-9?. The van der Waals surface area contributed by atoms with Gasteiger partial charge in [-0.25, -0.2) is 0 Å². The van der Waals surface area contributed by atoms with Crippen LogP contribution in [0.1, 0.15) is 58.3 Å². The Balaban J connectivity index is 3.35. The highest BCUT2D eigenvalue weighted by atomic mass is 16.4. The molecule has 0 aromatic heterocycles. The molecule has 0 rings (SSSR count). The van der Waals surface area contributed by atoms with Crippen molar-refractivity contribution in [1.29, 1.82) is 0 Å². The van der Waals surface area contributed by atoms with E-state index in [1.165, 1.54) is 12.8 Å². The van der Waals surface area contributed by atoms with Gasteiger partial charge >= 0.3 is 5.97 Å². The number of hydrogen-bond acceptors (Lipinski definition) is 1. The fourth-order valence-electron chi connectivity index (χ4n) is 1.71. The summed E-state index contributed by atoms with van der Waals surface area (Å²) < 4.78 is 0. The first-order valence-electron chi connectivity index (χ1n) is 7.64. The monoisotopic (exact) mass is 276 g/mol. The van der Waals surface area contributed by atoms with Crippen LogP contribution in [-0.2, 0) is 4.79 Å². The molecule has 0 aliphatic carbocycles. The first-order valence-corrected chi connectivity index (χ1v) is 7.64. The smallest absolute Gasteiger partial charge is 0.303 e. The van der Waals surface area contributed by atoms with Crippen molar-refractivity contribution in [2.75, 3.05) is 0 Å². The van der Waals surface area contributed by atoms with Crippen molar-refractivity contribution in [2.45, 2.75) is 58.3 Å². The number of rotatable bonds is 12. The van der Waals surface area contributed by atoms with Crippen LogP contribution >= 0.6 is 0 Å². The lowest BCUT2D eigenvalue weighted by molar-refractivity contribution is -0.137. The Labute approximate surface area is 123 Å². The van der Waals surface area contributed by atoms with Gasteiger partial charge < -0.3 is 5.11 Å². The van der Waals surface area contributed by atoms with Crippen LogP contribution < -0.4 is 0 Å². The lowest BCUT2D eigenvalue weighted by Gasteiger charge is -1.97. The van der Waals surface area contributed by atoms with Gasteiger partial charge in [-0.3, -0.25) is 4.79 Å². The van der Waals surface area contributed by atoms with Gasteiger partial charge in [0, 0.05) is 6.42 Å². The van der Waals surface area contributed by atoms with Crippen LogP contribution in [0.4, 0.5) is 0 Å². The average molecular weight is 276 g/mol. The van der Waals surface area contributed by atoms with E-state index in [-0.39, 0.29) is 0 Å². The minimum absolute atomic E-state index is 0.311. The van der Waals surface area contributed by atoms with Crippen LogP contribution in [0.2, 0.25) is 0 Å². The molecule has 0 saturated carbocycles. The Kier molecular flexibility index (Phi) is 14.3. The van der Waals surface area contributed by atoms with Crippen LogP contribution in [0.3, 0.4) is 0 Å². The van der Waals surface area contributed by atoms with Crippen molar-refractivity contribution < 1.29 is 9.90 Å². The predicted octanol–water partition coefficient (Wildman–Crippen LogP) is 5.44. The maximum absolute atomic E-state index is 10.3. The number of carbonyl (C=O) groups is 1. The Bertz CT molecular complexity index is 335. The average Bonchev–Trinajstić information content (AvgIpc) is 2.43. The normalized spacial score (nSPS) is 12.4. The van der Waals surface area contributed by atoms with Crippen LogP contribution in [0.15, 0.2) is 48.6 Å². The quantitative estimate of drug-likeness (QED) is 0.381. The molecule has 0 unspecified atom stereocenters. The Morgan fingerprint density at radius 1 is 0.800 bits per heavy atom. The number of hydrogen-bond donors (Lipinski definition) is 1. The molecule has 0 fully saturated rings. The second-order valence-corrected chi connectivity index (χ2v) is 4.73. The summed E-state index contributed by atoms with van der Waals surface area (Å²) in [4.78, 5) is 10.3. The van der Waals surface area contributed by atoms with E-state index >= 15 is 0 Å². The summed E-state index contributed by atoms with van der Waals surface area (Å²) in [6.07, 6.45) is 24.4. The minimum Gasteiger partial charge on any atom is -0.481 e. The van der Waals surface area contributed by atoms with Crippen molar-refractivity contribution in [2.24, 2.45) is 0 Å². The van der Waals surface area contributed by atoms with Gasteiger partial charge in [-0.1, -0.05) is 74.8 Å². The fraction of sp³-hybridized carbons (Fsp3) is 0.500. The van der Waals surface area contributed by atoms with Gasteiger partial charge in [0.2, 0.25) is 0 Å². The molecule has 0 aromatic carbocycles. The second-order valence-electron chi connectivity index (χ2n) is 4.73. The van der Waals surface area contributed by atoms with E-state index in [0.29, 0.717) is 6.42 Å². The molecule has 1 N–H and O–H groups in total. The Morgan fingerprint density at radius 2 is 1.35 bits per heavy atom. The third-order valence-corrected chi connectivity index (χ3v) is 2.82. The number of carboxylic acid groups (broad SMARTS) is 1. The number of aliphatic carboxylic acids is 1. The molecule has 20 heavy (non-hydrogen) atoms. The lowest BCUT2D eigenvalue weighted by atomic mass is 10.1. The minimum atomic E-state index is -0.682. The van der Waals surface area contributed by atoms with Crippen molar-refractivity contribution in [3.8, 4) is 0 Å². The van der Waals surface area contributed by atoms with Crippen molar-refractivity contribution in [3.63, 3.8) is 0 Å². The summed E-state index contributed by atoms with van der Waals surface area (Å²) in [7, 11) is 0. The van der Waals surface area contributed by atoms with E-state index in [2.05, 4.69) is 31.2 Å². The van der Waals surface area contributed by atoms with Crippen molar-refractivity contribution in [1.82, 2.24) is 0 Å². The van der Waals surface area contributed by atoms with Crippen LogP contribution in [0.5, 0.6) is 0 Å². The van der Waals surface area contributed by atoms with Gasteiger partial charge in [0.15, 0.2) is 0 Å².